The third-order valence-corrected chi connectivity index (χ3v) is 3.77. The fourth-order valence-corrected chi connectivity index (χ4v) is 2.54. The third kappa shape index (κ3) is 4.07. The lowest BCUT2D eigenvalue weighted by Gasteiger charge is -2.12. The van der Waals surface area contributed by atoms with Gasteiger partial charge in [0.15, 0.2) is 5.69 Å². The van der Waals surface area contributed by atoms with Crippen molar-refractivity contribution in [1.29, 1.82) is 0 Å². The largest absolute Gasteiger partial charge is 0.437 e. The van der Waals surface area contributed by atoms with E-state index in [9.17, 15) is 0 Å². The van der Waals surface area contributed by atoms with Gasteiger partial charge in [0.05, 0.1) is 0 Å². The molecule has 0 fully saturated rings. The van der Waals surface area contributed by atoms with Gasteiger partial charge in [0.2, 0.25) is 11.8 Å². The molecule has 5 heteroatoms. The summed E-state index contributed by atoms with van der Waals surface area (Å²) in [5.41, 5.74) is 9.85. The SMILES string of the molecule is CCc1ccc(Oc2ncnc(Oc3cc(C)cc(C)c3)c2N)cc1. The molecule has 0 aliphatic rings. The Kier molecular flexibility index (Phi) is 4.84. The average Bonchev–Trinajstić information content (AvgIpc) is 2.58. The van der Waals surface area contributed by atoms with Crippen LogP contribution in [0.4, 0.5) is 5.69 Å². The highest BCUT2D eigenvalue weighted by Gasteiger charge is 2.13. The molecule has 5 nitrogen and oxygen atoms in total. The van der Waals surface area contributed by atoms with Crippen molar-refractivity contribution >= 4 is 5.69 Å². The van der Waals surface area contributed by atoms with E-state index in [1.807, 2.05) is 50.2 Å². The molecule has 0 unspecified atom stereocenters. The highest BCUT2D eigenvalue weighted by Crippen LogP contribution is 2.33. The molecule has 0 aliphatic carbocycles. The maximum atomic E-state index is 6.14. The van der Waals surface area contributed by atoms with E-state index in [1.165, 1.54) is 11.9 Å². The number of hydrogen-bond acceptors (Lipinski definition) is 5. The highest BCUT2D eigenvalue weighted by molar-refractivity contribution is 5.58. The van der Waals surface area contributed by atoms with E-state index in [4.69, 9.17) is 15.2 Å². The van der Waals surface area contributed by atoms with E-state index in [1.54, 1.807) is 0 Å². The molecule has 2 N–H and O–H groups in total. The summed E-state index contributed by atoms with van der Waals surface area (Å²) in [6, 6.07) is 13.7. The minimum atomic E-state index is 0.265. The first-order valence-corrected chi connectivity index (χ1v) is 8.18. The van der Waals surface area contributed by atoms with Gasteiger partial charge in [-0.15, -0.1) is 0 Å². The lowest BCUT2D eigenvalue weighted by molar-refractivity contribution is 0.438. The maximum Gasteiger partial charge on any atom is 0.249 e. The molecule has 3 rings (SSSR count). The predicted octanol–water partition coefficient (Wildman–Crippen LogP) is 4.82. The monoisotopic (exact) mass is 335 g/mol. The van der Waals surface area contributed by atoms with Crippen molar-refractivity contribution in [2.75, 3.05) is 5.73 Å². The lowest BCUT2D eigenvalue weighted by Crippen LogP contribution is -2.00. The summed E-state index contributed by atoms with van der Waals surface area (Å²) >= 11 is 0. The Hall–Kier alpha value is -3.08. The number of benzene rings is 2. The van der Waals surface area contributed by atoms with Gasteiger partial charge >= 0.3 is 0 Å². The van der Waals surface area contributed by atoms with E-state index >= 15 is 0 Å². The van der Waals surface area contributed by atoms with Gasteiger partial charge in [-0.3, -0.25) is 0 Å². The summed E-state index contributed by atoms with van der Waals surface area (Å²) in [4.78, 5) is 8.24. The second-order valence-electron chi connectivity index (χ2n) is 5.92. The normalized spacial score (nSPS) is 10.5. The number of nitrogens with zero attached hydrogens (tertiary/aromatic N) is 2. The van der Waals surface area contributed by atoms with Gasteiger partial charge in [-0.1, -0.05) is 25.1 Å². The van der Waals surface area contributed by atoms with Crippen LogP contribution in [0.5, 0.6) is 23.3 Å². The fraction of sp³-hybridized carbons (Fsp3) is 0.200. The number of hydrogen-bond donors (Lipinski definition) is 1. The molecule has 0 amide bonds. The number of nitrogen functional groups attached to an aromatic ring is 1. The Morgan fingerprint density at radius 2 is 1.40 bits per heavy atom. The van der Waals surface area contributed by atoms with E-state index in [0.29, 0.717) is 11.5 Å². The molecule has 25 heavy (non-hydrogen) atoms. The van der Waals surface area contributed by atoms with Crippen molar-refractivity contribution in [1.82, 2.24) is 9.97 Å². The first-order valence-electron chi connectivity index (χ1n) is 8.18. The van der Waals surface area contributed by atoms with Crippen LogP contribution in [0.1, 0.15) is 23.6 Å². The highest BCUT2D eigenvalue weighted by atomic mass is 16.5. The van der Waals surface area contributed by atoms with Crippen LogP contribution in [-0.2, 0) is 6.42 Å². The number of rotatable bonds is 5. The van der Waals surface area contributed by atoms with Crippen LogP contribution in [-0.4, -0.2) is 9.97 Å². The molecule has 3 aromatic rings. The number of nitrogens with two attached hydrogens (primary N) is 1. The first kappa shape index (κ1) is 16.8. The summed E-state index contributed by atoms with van der Waals surface area (Å²) < 4.78 is 11.6. The predicted molar refractivity (Wildman–Crippen MR) is 98.3 cm³/mol. The van der Waals surface area contributed by atoms with Crippen LogP contribution < -0.4 is 15.2 Å². The second-order valence-corrected chi connectivity index (χ2v) is 5.92. The van der Waals surface area contributed by atoms with Crippen molar-refractivity contribution in [3.63, 3.8) is 0 Å². The third-order valence-electron chi connectivity index (χ3n) is 3.77. The van der Waals surface area contributed by atoms with Crippen molar-refractivity contribution in [2.24, 2.45) is 0 Å². The van der Waals surface area contributed by atoms with E-state index < -0.39 is 0 Å². The van der Waals surface area contributed by atoms with Crippen LogP contribution in [0.2, 0.25) is 0 Å². The smallest absolute Gasteiger partial charge is 0.249 e. The molecule has 1 heterocycles. The molecule has 1 aromatic heterocycles. The van der Waals surface area contributed by atoms with Crippen molar-refractivity contribution in [3.05, 3.63) is 65.5 Å². The molecule has 0 radical (unpaired) electrons. The molecule has 0 atom stereocenters. The number of ether oxygens (including phenoxy) is 2. The summed E-state index contributed by atoms with van der Waals surface area (Å²) in [7, 11) is 0. The van der Waals surface area contributed by atoms with Gasteiger partial charge in [0, 0.05) is 0 Å². The number of anilines is 1. The Balaban J connectivity index is 1.83. The van der Waals surface area contributed by atoms with Crippen LogP contribution in [0.25, 0.3) is 0 Å². The summed E-state index contributed by atoms with van der Waals surface area (Å²) in [5, 5.41) is 0. The number of aryl methyl sites for hydroxylation is 3. The van der Waals surface area contributed by atoms with Gasteiger partial charge in [0.25, 0.3) is 0 Å². The molecular formula is C20H21N3O2. The first-order chi connectivity index (χ1) is 12.0. The number of aromatic nitrogens is 2. The topological polar surface area (TPSA) is 70.3 Å². The summed E-state index contributed by atoms with van der Waals surface area (Å²) in [6.45, 7) is 6.13. The molecule has 0 aliphatic heterocycles. The van der Waals surface area contributed by atoms with Crippen molar-refractivity contribution in [2.45, 2.75) is 27.2 Å². The average molecular weight is 335 g/mol. The van der Waals surface area contributed by atoms with E-state index in [-0.39, 0.29) is 17.4 Å². The minimum absolute atomic E-state index is 0.265. The lowest BCUT2D eigenvalue weighted by atomic mass is 10.1. The quantitative estimate of drug-likeness (QED) is 0.723. The van der Waals surface area contributed by atoms with Crippen molar-refractivity contribution in [3.8, 4) is 23.3 Å². The zero-order chi connectivity index (χ0) is 17.8. The fourth-order valence-electron chi connectivity index (χ4n) is 2.54. The molecule has 0 saturated heterocycles. The molecule has 2 aromatic carbocycles. The Morgan fingerprint density at radius 3 is 1.96 bits per heavy atom. The van der Waals surface area contributed by atoms with Gasteiger partial charge in [-0.25, -0.2) is 0 Å². The van der Waals surface area contributed by atoms with E-state index in [0.717, 1.165) is 17.5 Å². The van der Waals surface area contributed by atoms with Crippen LogP contribution in [0.15, 0.2) is 48.8 Å². The zero-order valence-electron chi connectivity index (χ0n) is 14.6. The van der Waals surface area contributed by atoms with Gasteiger partial charge in [-0.05, 0) is 61.2 Å². The van der Waals surface area contributed by atoms with Crippen LogP contribution in [0, 0.1) is 13.8 Å². The van der Waals surface area contributed by atoms with Crippen LogP contribution >= 0.6 is 0 Å². The summed E-state index contributed by atoms with van der Waals surface area (Å²) in [6.07, 6.45) is 2.36. The summed E-state index contributed by atoms with van der Waals surface area (Å²) in [5.74, 6) is 1.90. The molecule has 0 spiro atoms. The van der Waals surface area contributed by atoms with Gasteiger partial charge in [0.1, 0.15) is 17.8 Å². The standard InChI is InChI=1S/C20H21N3O2/c1-4-15-5-7-16(8-6-15)24-19-18(21)20(23-12-22-19)25-17-10-13(2)9-14(3)11-17/h5-12H,4,21H2,1-3H3. The van der Waals surface area contributed by atoms with Gasteiger partial charge in [-0.2, -0.15) is 9.97 Å². The Labute approximate surface area is 147 Å². The molecule has 0 saturated carbocycles. The van der Waals surface area contributed by atoms with Gasteiger partial charge < -0.3 is 15.2 Å². The Bertz CT molecular complexity index is 856. The van der Waals surface area contributed by atoms with Crippen molar-refractivity contribution < 1.29 is 9.47 Å². The molecular weight excluding hydrogens is 314 g/mol. The molecule has 128 valence electrons. The Morgan fingerprint density at radius 1 is 0.840 bits per heavy atom. The van der Waals surface area contributed by atoms with Crippen LogP contribution in [0.3, 0.4) is 0 Å². The second kappa shape index (κ2) is 7.21. The zero-order valence-corrected chi connectivity index (χ0v) is 14.6. The minimum Gasteiger partial charge on any atom is -0.437 e. The maximum absolute atomic E-state index is 6.14. The molecule has 0 bridgehead atoms. The van der Waals surface area contributed by atoms with E-state index in [2.05, 4.69) is 23.0 Å².